The number of unbranched alkanes of at least 4 members (excludes halogenated alkanes) is 13. The van der Waals surface area contributed by atoms with Crippen molar-refractivity contribution in [1.29, 1.82) is 0 Å². The van der Waals surface area contributed by atoms with Crippen molar-refractivity contribution in [2.24, 2.45) is 0 Å². The number of aliphatic hydroxyl groups is 1. The van der Waals surface area contributed by atoms with Crippen molar-refractivity contribution in [2.75, 3.05) is 13.2 Å². The molecule has 3 N–H and O–H groups in total. The first-order valence-corrected chi connectivity index (χ1v) is 9.79. The number of aliphatic hydroxyl groups excluding tert-OH is 1. The third-order valence-corrected chi connectivity index (χ3v) is 4.40. The summed E-state index contributed by atoms with van der Waals surface area (Å²) in [5.41, 5.74) is 0. The maximum absolute atomic E-state index is 10.7. The van der Waals surface area contributed by atoms with Crippen molar-refractivity contribution >= 4 is 35.5 Å². The number of hydrogen-bond acceptors (Lipinski definition) is 3. The maximum atomic E-state index is 10.7. The van der Waals surface area contributed by atoms with Crippen LogP contribution >= 0.6 is 0 Å². The SMILES string of the molecule is CCCCCCCCCCCCCCCCN[C@@H](CO)C(=O)O.[NaH]. The molecule has 0 aromatic heterocycles. The zero-order valence-corrected chi connectivity index (χ0v) is 15.2. The van der Waals surface area contributed by atoms with Crippen molar-refractivity contribution in [3.05, 3.63) is 0 Å². The molecule has 0 spiro atoms. The van der Waals surface area contributed by atoms with E-state index in [1.165, 1.54) is 77.0 Å². The Morgan fingerprint density at radius 2 is 1.17 bits per heavy atom. The minimum absolute atomic E-state index is 0. The molecule has 0 heterocycles. The van der Waals surface area contributed by atoms with Gasteiger partial charge in [0.1, 0.15) is 6.04 Å². The van der Waals surface area contributed by atoms with Gasteiger partial charge < -0.3 is 15.5 Å². The Hall–Kier alpha value is 0.390. The number of carbonyl (C=O) groups is 1. The van der Waals surface area contributed by atoms with Crippen molar-refractivity contribution in [2.45, 2.75) is 103 Å². The van der Waals surface area contributed by atoms with Crippen LogP contribution in [0.2, 0.25) is 0 Å². The summed E-state index contributed by atoms with van der Waals surface area (Å²) < 4.78 is 0. The molecule has 0 unspecified atom stereocenters. The average molecular weight is 354 g/mol. The predicted molar refractivity (Wildman–Crippen MR) is 104 cm³/mol. The molecule has 0 radical (unpaired) electrons. The van der Waals surface area contributed by atoms with E-state index in [4.69, 9.17) is 10.2 Å². The van der Waals surface area contributed by atoms with Crippen LogP contribution < -0.4 is 5.32 Å². The topological polar surface area (TPSA) is 69.6 Å². The van der Waals surface area contributed by atoms with Crippen LogP contribution in [0.5, 0.6) is 0 Å². The fourth-order valence-corrected chi connectivity index (χ4v) is 2.83. The molecule has 0 aromatic rings. The molecule has 0 aliphatic carbocycles. The van der Waals surface area contributed by atoms with Gasteiger partial charge in [0.15, 0.2) is 0 Å². The number of carboxylic acid groups (broad SMARTS) is 1. The van der Waals surface area contributed by atoms with Gasteiger partial charge in [-0.3, -0.25) is 4.79 Å². The molecule has 0 saturated carbocycles. The van der Waals surface area contributed by atoms with Crippen LogP contribution in [0.3, 0.4) is 0 Å². The standard InChI is InChI=1S/C19H39NO3.Na.H/c1-2-3-4-5-6-7-8-9-10-11-12-13-14-15-16-20-18(17-21)19(22)23;;/h18,20-21H,2-17H2,1H3,(H,22,23);;/t18-;;/m0../s1. The van der Waals surface area contributed by atoms with Gasteiger partial charge in [0.25, 0.3) is 0 Å². The van der Waals surface area contributed by atoms with E-state index in [9.17, 15) is 4.79 Å². The monoisotopic (exact) mass is 353 g/mol. The average Bonchev–Trinajstić information content (AvgIpc) is 2.54. The van der Waals surface area contributed by atoms with Crippen molar-refractivity contribution in [1.82, 2.24) is 5.32 Å². The first-order valence-electron chi connectivity index (χ1n) is 9.79. The van der Waals surface area contributed by atoms with Gasteiger partial charge >= 0.3 is 35.5 Å². The number of carboxylic acids is 1. The predicted octanol–water partition coefficient (Wildman–Crippen LogP) is 3.85. The summed E-state index contributed by atoms with van der Waals surface area (Å²) in [5.74, 6) is -0.974. The van der Waals surface area contributed by atoms with E-state index in [1.807, 2.05) is 0 Å². The Morgan fingerprint density at radius 1 is 0.792 bits per heavy atom. The van der Waals surface area contributed by atoms with Crippen LogP contribution in [0.4, 0.5) is 0 Å². The molecule has 0 aliphatic heterocycles. The van der Waals surface area contributed by atoms with E-state index >= 15 is 0 Å². The van der Waals surface area contributed by atoms with Gasteiger partial charge in [0.05, 0.1) is 6.61 Å². The summed E-state index contributed by atoms with van der Waals surface area (Å²) in [7, 11) is 0. The van der Waals surface area contributed by atoms with Crippen LogP contribution in [0.1, 0.15) is 96.8 Å². The number of hydrogen-bond donors (Lipinski definition) is 3. The summed E-state index contributed by atoms with van der Waals surface area (Å²) in [6.45, 7) is 2.60. The molecule has 1 atom stereocenters. The first-order chi connectivity index (χ1) is 11.2. The molecular weight excluding hydrogens is 313 g/mol. The molecular formula is C19H40NNaO3. The molecule has 0 rings (SSSR count). The van der Waals surface area contributed by atoms with E-state index in [-0.39, 0.29) is 36.2 Å². The van der Waals surface area contributed by atoms with E-state index < -0.39 is 12.0 Å². The number of nitrogens with one attached hydrogen (secondary N) is 1. The van der Waals surface area contributed by atoms with E-state index in [1.54, 1.807) is 0 Å². The molecule has 0 amide bonds. The third kappa shape index (κ3) is 18.7. The molecule has 4 nitrogen and oxygen atoms in total. The Morgan fingerprint density at radius 3 is 1.50 bits per heavy atom. The first kappa shape index (κ1) is 26.6. The molecule has 0 aromatic carbocycles. The van der Waals surface area contributed by atoms with Crippen molar-refractivity contribution in [3.63, 3.8) is 0 Å². The van der Waals surface area contributed by atoms with Gasteiger partial charge in [-0.2, -0.15) is 0 Å². The zero-order valence-electron chi connectivity index (χ0n) is 15.2. The summed E-state index contributed by atoms with van der Waals surface area (Å²) in [6, 6.07) is -0.808. The molecule has 24 heavy (non-hydrogen) atoms. The summed E-state index contributed by atoms with van der Waals surface area (Å²) in [6.07, 6.45) is 18.5. The van der Waals surface area contributed by atoms with E-state index in [0.29, 0.717) is 6.54 Å². The second-order valence-corrected chi connectivity index (χ2v) is 6.62. The van der Waals surface area contributed by atoms with Crippen LogP contribution in [0.15, 0.2) is 0 Å². The van der Waals surface area contributed by atoms with Gasteiger partial charge in [-0.1, -0.05) is 90.4 Å². The van der Waals surface area contributed by atoms with Crippen LogP contribution in [-0.4, -0.2) is 64.9 Å². The van der Waals surface area contributed by atoms with Gasteiger partial charge in [0.2, 0.25) is 0 Å². The summed E-state index contributed by atoms with van der Waals surface area (Å²) in [4.78, 5) is 10.7. The minimum atomic E-state index is -0.974. The third-order valence-electron chi connectivity index (χ3n) is 4.40. The fourth-order valence-electron chi connectivity index (χ4n) is 2.83. The van der Waals surface area contributed by atoms with E-state index in [0.717, 1.165) is 12.8 Å². The molecule has 5 heteroatoms. The Bertz CT molecular complexity index is 265. The normalized spacial score (nSPS) is 11.9. The van der Waals surface area contributed by atoms with Crippen LogP contribution in [0.25, 0.3) is 0 Å². The quantitative estimate of drug-likeness (QED) is 0.258. The summed E-state index contributed by atoms with van der Waals surface area (Å²) >= 11 is 0. The van der Waals surface area contributed by atoms with Gasteiger partial charge in [-0.25, -0.2) is 0 Å². The van der Waals surface area contributed by atoms with Gasteiger partial charge in [-0.15, -0.1) is 0 Å². The van der Waals surface area contributed by atoms with Crippen LogP contribution in [-0.2, 0) is 4.79 Å². The molecule has 0 aliphatic rings. The number of aliphatic carboxylic acids is 1. The molecule has 0 fully saturated rings. The summed E-state index contributed by atoms with van der Waals surface area (Å²) in [5, 5.41) is 20.5. The second-order valence-electron chi connectivity index (χ2n) is 6.62. The van der Waals surface area contributed by atoms with Crippen molar-refractivity contribution in [3.8, 4) is 0 Å². The Kier molecular flexibility index (Phi) is 23.8. The van der Waals surface area contributed by atoms with Crippen molar-refractivity contribution < 1.29 is 15.0 Å². The molecule has 140 valence electrons. The molecule has 0 bridgehead atoms. The molecule has 0 saturated heterocycles. The zero-order chi connectivity index (χ0) is 17.2. The second kappa shape index (κ2) is 21.4. The van der Waals surface area contributed by atoms with Crippen LogP contribution in [0, 0.1) is 0 Å². The van der Waals surface area contributed by atoms with Gasteiger partial charge in [0, 0.05) is 0 Å². The Balaban J connectivity index is 0. The van der Waals surface area contributed by atoms with E-state index in [2.05, 4.69) is 12.2 Å². The number of rotatable bonds is 18. The fraction of sp³-hybridized carbons (Fsp3) is 0.947. The van der Waals surface area contributed by atoms with Gasteiger partial charge in [-0.05, 0) is 13.0 Å². The Labute approximate surface area is 171 Å².